The fourth-order valence-corrected chi connectivity index (χ4v) is 2.02. The van der Waals surface area contributed by atoms with Gasteiger partial charge >= 0.3 is 0 Å². The summed E-state index contributed by atoms with van der Waals surface area (Å²) in [5.74, 6) is 0.983. The first-order valence-corrected chi connectivity index (χ1v) is 6.55. The predicted molar refractivity (Wildman–Crippen MR) is 75.0 cm³/mol. The van der Waals surface area contributed by atoms with E-state index in [2.05, 4.69) is 0 Å². The van der Waals surface area contributed by atoms with Crippen molar-refractivity contribution in [3.63, 3.8) is 0 Å². The standard InChI is InChI=1S/C16H17NO3/c1-3-20-16-7-6-13(12(2)18)9-14(16)10-17-8-4-5-15(19)11-17/h4-9,11H,3,10H2,1-2H3/p+1. The van der Waals surface area contributed by atoms with Crippen molar-refractivity contribution in [2.24, 2.45) is 0 Å². The lowest BCUT2D eigenvalue weighted by atomic mass is 10.1. The molecule has 0 atom stereocenters. The molecular formula is C16H18NO3+. The lowest BCUT2D eigenvalue weighted by Crippen LogP contribution is -2.33. The van der Waals surface area contributed by atoms with Crippen molar-refractivity contribution in [2.45, 2.75) is 20.4 Å². The normalized spacial score (nSPS) is 10.3. The van der Waals surface area contributed by atoms with Crippen molar-refractivity contribution in [3.8, 4) is 11.5 Å². The number of pyridine rings is 1. The van der Waals surface area contributed by atoms with Crippen LogP contribution in [0, 0.1) is 0 Å². The zero-order valence-corrected chi connectivity index (χ0v) is 11.7. The molecule has 4 heteroatoms. The maximum Gasteiger partial charge on any atom is 0.211 e. The highest BCUT2D eigenvalue weighted by Crippen LogP contribution is 2.20. The summed E-state index contributed by atoms with van der Waals surface area (Å²) in [5.41, 5.74) is 1.57. The first-order chi connectivity index (χ1) is 9.60. The van der Waals surface area contributed by atoms with Gasteiger partial charge in [-0.15, -0.1) is 0 Å². The number of hydrogen-bond acceptors (Lipinski definition) is 3. The zero-order chi connectivity index (χ0) is 14.5. The molecule has 2 aromatic rings. The van der Waals surface area contributed by atoms with Gasteiger partial charge in [-0.1, -0.05) is 0 Å². The monoisotopic (exact) mass is 272 g/mol. The summed E-state index contributed by atoms with van der Waals surface area (Å²) in [7, 11) is 0. The minimum absolute atomic E-state index is 0.0233. The molecule has 0 bridgehead atoms. The molecule has 0 amide bonds. The van der Waals surface area contributed by atoms with Crippen LogP contribution in [-0.4, -0.2) is 17.5 Å². The van der Waals surface area contributed by atoms with Crippen molar-refractivity contribution in [2.75, 3.05) is 6.61 Å². The van der Waals surface area contributed by atoms with Gasteiger partial charge in [0.2, 0.25) is 6.20 Å². The van der Waals surface area contributed by atoms with Gasteiger partial charge in [-0.3, -0.25) is 4.79 Å². The molecule has 0 fully saturated rings. The van der Waals surface area contributed by atoms with Crippen molar-refractivity contribution < 1.29 is 19.2 Å². The Kier molecular flexibility index (Phi) is 4.35. The van der Waals surface area contributed by atoms with Gasteiger partial charge in [0.1, 0.15) is 5.75 Å². The fourth-order valence-electron chi connectivity index (χ4n) is 2.02. The highest BCUT2D eigenvalue weighted by Gasteiger charge is 2.12. The maximum absolute atomic E-state index is 11.5. The summed E-state index contributed by atoms with van der Waals surface area (Å²) in [4.78, 5) is 11.5. The third-order valence-electron chi connectivity index (χ3n) is 2.96. The van der Waals surface area contributed by atoms with Crippen LogP contribution < -0.4 is 9.30 Å². The van der Waals surface area contributed by atoms with Crippen molar-refractivity contribution in [1.82, 2.24) is 0 Å². The van der Waals surface area contributed by atoms with E-state index in [-0.39, 0.29) is 11.5 Å². The Bertz CT molecular complexity index is 623. The van der Waals surface area contributed by atoms with Crippen LogP contribution in [0.3, 0.4) is 0 Å². The van der Waals surface area contributed by atoms with E-state index in [0.29, 0.717) is 18.7 Å². The Balaban J connectivity index is 2.36. The number of hydrogen-bond donors (Lipinski definition) is 1. The number of rotatable bonds is 5. The third-order valence-corrected chi connectivity index (χ3v) is 2.96. The Hall–Kier alpha value is -2.36. The second-order valence-electron chi connectivity index (χ2n) is 4.55. The molecule has 0 aliphatic carbocycles. The van der Waals surface area contributed by atoms with Crippen molar-refractivity contribution in [1.29, 1.82) is 0 Å². The van der Waals surface area contributed by atoms with Gasteiger partial charge < -0.3 is 9.84 Å². The van der Waals surface area contributed by atoms with Crippen LogP contribution in [0.2, 0.25) is 0 Å². The lowest BCUT2D eigenvalue weighted by molar-refractivity contribution is -0.688. The van der Waals surface area contributed by atoms with Gasteiger partial charge in [-0.25, -0.2) is 0 Å². The first kappa shape index (κ1) is 14.1. The summed E-state index contributed by atoms with van der Waals surface area (Å²) in [6.45, 7) is 4.56. The smallest absolute Gasteiger partial charge is 0.211 e. The van der Waals surface area contributed by atoms with Gasteiger partial charge in [0.25, 0.3) is 0 Å². The van der Waals surface area contributed by atoms with E-state index in [1.807, 2.05) is 29.8 Å². The van der Waals surface area contributed by atoms with Crippen LogP contribution in [0.4, 0.5) is 0 Å². The minimum atomic E-state index is 0.0233. The second-order valence-corrected chi connectivity index (χ2v) is 4.55. The van der Waals surface area contributed by atoms with Crippen LogP contribution in [0.5, 0.6) is 11.5 Å². The van der Waals surface area contributed by atoms with Crippen LogP contribution in [0.15, 0.2) is 42.7 Å². The van der Waals surface area contributed by atoms with E-state index < -0.39 is 0 Å². The molecular weight excluding hydrogens is 254 g/mol. The van der Waals surface area contributed by atoms with Crippen LogP contribution in [0.1, 0.15) is 29.8 Å². The number of ether oxygens (including phenoxy) is 1. The first-order valence-electron chi connectivity index (χ1n) is 6.55. The quantitative estimate of drug-likeness (QED) is 0.671. The maximum atomic E-state index is 11.5. The number of Topliss-reactive ketones (excluding diaryl/α,β-unsaturated/α-hetero) is 1. The van der Waals surface area contributed by atoms with Gasteiger partial charge in [0.05, 0.1) is 12.2 Å². The van der Waals surface area contributed by atoms with Crippen LogP contribution >= 0.6 is 0 Å². The molecule has 0 aliphatic rings. The van der Waals surface area contributed by atoms with Crippen molar-refractivity contribution in [3.05, 3.63) is 53.9 Å². The molecule has 0 radical (unpaired) electrons. The van der Waals surface area contributed by atoms with E-state index in [1.165, 1.54) is 0 Å². The largest absolute Gasteiger partial charge is 0.503 e. The molecule has 20 heavy (non-hydrogen) atoms. The molecule has 0 aliphatic heterocycles. The topological polar surface area (TPSA) is 50.4 Å². The summed E-state index contributed by atoms with van der Waals surface area (Å²) >= 11 is 0. The van der Waals surface area contributed by atoms with E-state index >= 15 is 0 Å². The Morgan fingerprint density at radius 1 is 1.35 bits per heavy atom. The van der Waals surface area contributed by atoms with E-state index in [4.69, 9.17) is 4.74 Å². The number of aromatic hydroxyl groups is 1. The zero-order valence-electron chi connectivity index (χ0n) is 11.7. The fraction of sp³-hybridized carbons (Fsp3) is 0.250. The molecule has 4 nitrogen and oxygen atoms in total. The van der Waals surface area contributed by atoms with Crippen LogP contribution in [-0.2, 0) is 6.54 Å². The predicted octanol–water partition coefficient (Wildman–Crippen LogP) is 2.33. The number of benzene rings is 1. The highest BCUT2D eigenvalue weighted by atomic mass is 16.5. The second kappa shape index (κ2) is 6.19. The molecule has 1 aromatic heterocycles. The van der Waals surface area contributed by atoms with Gasteiger partial charge in [-0.05, 0) is 38.1 Å². The average Bonchev–Trinajstić information content (AvgIpc) is 2.41. The molecule has 0 saturated carbocycles. The summed E-state index contributed by atoms with van der Waals surface area (Å²) < 4.78 is 7.43. The van der Waals surface area contributed by atoms with Gasteiger partial charge in [0, 0.05) is 11.6 Å². The van der Waals surface area contributed by atoms with Gasteiger partial charge in [-0.2, -0.15) is 4.57 Å². The summed E-state index contributed by atoms with van der Waals surface area (Å²) in [6.07, 6.45) is 3.49. The van der Waals surface area contributed by atoms with E-state index in [1.54, 1.807) is 31.3 Å². The van der Waals surface area contributed by atoms with Crippen LogP contribution in [0.25, 0.3) is 0 Å². The van der Waals surface area contributed by atoms with Gasteiger partial charge in [0.15, 0.2) is 24.3 Å². The van der Waals surface area contributed by atoms with Crippen molar-refractivity contribution >= 4 is 5.78 Å². The molecule has 2 rings (SSSR count). The number of nitrogens with zero attached hydrogens (tertiary/aromatic N) is 1. The number of ketones is 1. The Morgan fingerprint density at radius 2 is 2.15 bits per heavy atom. The molecule has 1 heterocycles. The highest BCUT2D eigenvalue weighted by molar-refractivity contribution is 5.94. The summed E-state index contributed by atoms with van der Waals surface area (Å²) in [6, 6.07) is 8.81. The lowest BCUT2D eigenvalue weighted by Gasteiger charge is -2.09. The number of carbonyl (C=O) groups is 1. The molecule has 0 unspecified atom stereocenters. The molecule has 104 valence electrons. The molecule has 0 spiro atoms. The van der Waals surface area contributed by atoms with E-state index in [9.17, 15) is 9.90 Å². The minimum Gasteiger partial charge on any atom is -0.503 e. The molecule has 0 saturated heterocycles. The number of carbonyl (C=O) groups excluding carboxylic acids is 1. The summed E-state index contributed by atoms with van der Waals surface area (Å²) in [5, 5.41) is 9.50. The Morgan fingerprint density at radius 3 is 2.80 bits per heavy atom. The third kappa shape index (κ3) is 3.35. The average molecular weight is 272 g/mol. The Labute approximate surface area is 118 Å². The number of aromatic nitrogens is 1. The molecule has 1 N–H and O–H groups in total. The SMILES string of the molecule is CCOc1ccc(C(C)=O)cc1C[n+]1cccc(O)c1. The van der Waals surface area contributed by atoms with E-state index in [0.717, 1.165) is 11.3 Å². The molecule has 1 aromatic carbocycles.